The Balaban J connectivity index is 2.15. The molecule has 0 saturated heterocycles. The molecule has 0 saturated carbocycles. The molecule has 0 unspecified atom stereocenters. The summed E-state index contributed by atoms with van der Waals surface area (Å²) in [7, 11) is 0. The van der Waals surface area contributed by atoms with Crippen molar-refractivity contribution >= 4 is 108 Å². The smallest absolute Gasteiger partial charge is 0.417 e. The third-order valence-electron chi connectivity index (χ3n) is 2.52. The maximum atomic E-state index is 11.9. The number of halogens is 6. The molecule has 2 aromatic carbocycles. The van der Waals surface area contributed by atoms with Gasteiger partial charge in [-0.1, -0.05) is 0 Å². The van der Waals surface area contributed by atoms with E-state index in [-0.39, 0.29) is 11.5 Å². The molecule has 2 aromatic rings. The molecule has 0 aliphatic rings. The van der Waals surface area contributed by atoms with Crippen molar-refractivity contribution in [3.63, 3.8) is 0 Å². The van der Waals surface area contributed by atoms with Crippen molar-refractivity contribution in [1.29, 1.82) is 0 Å². The van der Waals surface area contributed by atoms with Crippen molar-refractivity contribution in [3.05, 3.63) is 51.1 Å². The fraction of sp³-hybridized carbons (Fsp3) is 0. The summed E-state index contributed by atoms with van der Waals surface area (Å²) in [6.45, 7) is 0. The first kappa shape index (κ1) is 20.6. The minimum Gasteiger partial charge on any atom is -0.417 e. The molecule has 0 N–H and O–H groups in total. The second kappa shape index (κ2) is 8.77. The first-order valence-electron chi connectivity index (χ1n) is 5.92. The van der Waals surface area contributed by atoms with Gasteiger partial charge in [0.1, 0.15) is 11.5 Å². The van der Waals surface area contributed by atoms with Gasteiger partial charge in [-0.15, -0.1) is 0 Å². The van der Waals surface area contributed by atoms with E-state index in [1.165, 1.54) is 0 Å². The Morgan fingerprint density at radius 1 is 0.542 bits per heavy atom. The molecule has 24 heavy (non-hydrogen) atoms. The molecule has 0 fully saturated rings. The van der Waals surface area contributed by atoms with E-state index in [0.717, 1.165) is 8.95 Å². The molecule has 0 aliphatic heterocycles. The Kier molecular flexibility index (Phi) is 7.51. The molecule has 126 valence electrons. The highest BCUT2D eigenvalue weighted by Crippen LogP contribution is 2.36. The number of carbonyl (C=O) groups excluding carboxylic acids is 2. The number of ether oxygens (including phenoxy) is 2. The largest absolute Gasteiger partial charge is 0.423 e. The van der Waals surface area contributed by atoms with Crippen LogP contribution in [0.2, 0.25) is 0 Å². The van der Waals surface area contributed by atoms with Crippen molar-refractivity contribution in [2.45, 2.75) is 0 Å². The second-order valence-electron chi connectivity index (χ2n) is 4.17. The average Bonchev–Trinajstić information content (AvgIpc) is 2.50. The molecule has 0 aromatic heterocycles. The highest BCUT2D eigenvalue weighted by Gasteiger charge is 2.22. The maximum Gasteiger partial charge on any atom is 0.423 e. The van der Waals surface area contributed by atoms with Crippen LogP contribution in [-0.2, 0) is 9.59 Å². The number of benzene rings is 2. The summed E-state index contributed by atoms with van der Waals surface area (Å²) in [6, 6.07) is 6.46. The zero-order chi connectivity index (χ0) is 18.0. The Labute approximate surface area is 187 Å². The molecule has 0 radical (unpaired) electrons. The van der Waals surface area contributed by atoms with Crippen LogP contribution in [0.3, 0.4) is 0 Å². The van der Waals surface area contributed by atoms with Gasteiger partial charge in [0.25, 0.3) is 0 Å². The lowest BCUT2D eigenvalue weighted by Crippen LogP contribution is -2.25. The summed E-state index contributed by atoms with van der Waals surface area (Å²) in [5.74, 6) is -1.92. The second-order valence-corrected chi connectivity index (χ2v) is 9.30. The lowest BCUT2D eigenvalue weighted by Gasteiger charge is -2.09. The number of carbonyl (C=O) groups is 2. The fourth-order valence-corrected chi connectivity index (χ4v) is 4.24. The van der Waals surface area contributed by atoms with Gasteiger partial charge >= 0.3 is 11.9 Å². The quantitative estimate of drug-likeness (QED) is 0.149. The van der Waals surface area contributed by atoms with Crippen LogP contribution in [0.4, 0.5) is 0 Å². The molecule has 2 rings (SSSR count). The van der Waals surface area contributed by atoms with Gasteiger partial charge in [0.15, 0.2) is 0 Å². The highest BCUT2D eigenvalue weighted by atomic mass is 79.9. The standard InChI is InChI=1S/C14H4Br6O4/c15-5-1-9(19)11(3-7(5)17)23-13(21)14(22)24-12-4-8(18)6(16)2-10(12)20/h1-4H. The van der Waals surface area contributed by atoms with Crippen molar-refractivity contribution in [2.24, 2.45) is 0 Å². The van der Waals surface area contributed by atoms with E-state index in [2.05, 4.69) is 95.6 Å². The molecular weight excluding hydrogens is 712 g/mol. The number of hydrogen-bond donors (Lipinski definition) is 0. The van der Waals surface area contributed by atoms with Gasteiger partial charge in [0.2, 0.25) is 0 Å². The van der Waals surface area contributed by atoms with Crippen LogP contribution in [0.15, 0.2) is 51.1 Å². The van der Waals surface area contributed by atoms with Gasteiger partial charge in [-0.3, -0.25) is 0 Å². The van der Waals surface area contributed by atoms with E-state index in [9.17, 15) is 9.59 Å². The molecule has 0 aliphatic carbocycles. The van der Waals surface area contributed by atoms with Crippen LogP contribution >= 0.6 is 95.6 Å². The summed E-state index contributed by atoms with van der Waals surface area (Å²) < 4.78 is 14.0. The number of rotatable bonds is 2. The topological polar surface area (TPSA) is 52.6 Å². The Bertz CT molecular complexity index is 767. The Morgan fingerprint density at radius 3 is 1.17 bits per heavy atom. The predicted molar refractivity (Wildman–Crippen MR) is 110 cm³/mol. The summed E-state index contributed by atoms with van der Waals surface area (Å²) in [5, 5.41) is 0. The average molecular weight is 716 g/mol. The van der Waals surface area contributed by atoms with Crippen LogP contribution in [0, 0.1) is 0 Å². The van der Waals surface area contributed by atoms with Crippen LogP contribution in [0.25, 0.3) is 0 Å². The molecule has 0 spiro atoms. The third-order valence-corrected chi connectivity index (χ3v) is 7.45. The van der Waals surface area contributed by atoms with Gasteiger partial charge in [0.05, 0.1) is 8.95 Å². The monoisotopic (exact) mass is 710 g/mol. The van der Waals surface area contributed by atoms with Crippen molar-refractivity contribution < 1.29 is 19.1 Å². The molecule has 0 heterocycles. The minimum atomic E-state index is -1.14. The molecule has 0 amide bonds. The van der Waals surface area contributed by atoms with Crippen molar-refractivity contribution in [3.8, 4) is 11.5 Å². The SMILES string of the molecule is O=C(Oc1cc(Br)c(Br)cc1Br)C(=O)Oc1cc(Br)c(Br)cc1Br. The zero-order valence-electron chi connectivity index (χ0n) is 11.2. The predicted octanol–water partition coefficient (Wildman–Crippen LogP) is 6.77. The van der Waals surface area contributed by atoms with Gasteiger partial charge < -0.3 is 9.47 Å². The van der Waals surface area contributed by atoms with E-state index in [0.29, 0.717) is 17.9 Å². The third kappa shape index (κ3) is 5.14. The first-order valence-corrected chi connectivity index (χ1v) is 10.7. The van der Waals surface area contributed by atoms with Gasteiger partial charge in [0, 0.05) is 17.9 Å². The Hall–Kier alpha value is 0.260. The summed E-state index contributed by atoms with van der Waals surface area (Å²) >= 11 is 19.7. The number of esters is 2. The number of hydrogen-bond acceptors (Lipinski definition) is 4. The van der Waals surface area contributed by atoms with Gasteiger partial charge in [-0.2, -0.15) is 0 Å². The van der Waals surface area contributed by atoms with Crippen LogP contribution < -0.4 is 9.47 Å². The molecule has 4 nitrogen and oxygen atoms in total. The minimum absolute atomic E-state index is 0.183. The van der Waals surface area contributed by atoms with Crippen LogP contribution in [0.1, 0.15) is 0 Å². The highest BCUT2D eigenvalue weighted by molar-refractivity contribution is 9.13. The van der Waals surface area contributed by atoms with Crippen molar-refractivity contribution in [1.82, 2.24) is 0 Å². The van der Waals surface area contributed by atoms with E-state index < -0.39 is 11.9 Å². The lowest BCUT2D eigenvalue weighted by atomic mass is 10.3. The van der Waals surface area contributed by atoms with E-state index in [1.807, 2.05) is 0 Å². The summed E-state index contributed by atoms with van der Waals surface area (Å²) in [5.41, 5.74) is 0. The van der Waals surface area contributed by atoms with Crippen LogP contribution in [-0.4, -0.2) is 11.9 Å². The molecule has 0 bridgehead atoms. The fourth-order valence-electron chi connectivity index (χ4n) is 1.45. The van der Waals surface area contributed by atoms with E-state index in [4.69, 9.17) is 9.47 Å². The molecular formula is C14H4Br6O4. The lowest BCUT2D eigenvalue weighted by molar-refractivity contribution is -0.156. The normalized spacial score (nSPS) is 10.4. The summed E-state index contributed by atoms with van der Waals surface area (Å²) in [4.78, 5) is 23.9. The van der Waals surface area contributed by atoms with Crippen LogP contribution in [0.5, 0.6) is 11.5 Å². The maximum absolute atomic E-state index is 11.9. The zero-order valence-corrected chi connectivity index (χ0v) is 20.7. The summed E-state index contributed by atoms with van der Waals surface area (Å²) in [6.07, 6.45) is 0. The van der Waals surface area contributed by atoms with Gasteiger partial charge in [-0.25, -0.2) is 9.59 Å². The Morgan fingerprint density at radius 2 is 0.833 bits per heavy atom. The first-order chi connectivity index (χ1) is 11.2. The molecule has 10 heteroatoms. The van der Waals surface area contributed by atoms with Gasteiger partial charge in [-0.05, 0) is 120 Å². The van der Waals surface area contributed by atoms with E-state index >= 15 is 0 Å². The van der Waals surface area contributed by atoms with E-state index in [1.54, 1.807) is 24.3 Å². The molecule has 0 atom stereocenters. The van der Waals surface area contributed by atoms with Crippen molar-refractivity contribution in [2.75, 3.05) is 0 Å².